The minimum Gasteiger partial charge on any atom is -0.444 e. The highest BCUT2D eigenvalue weighted by molar-refractivity contribution is 5.68. The summed E-state index contributed by atoms with van der Waals surface area (Å²) in [7, 11) is 0. The molecule has 2 atom stereocenters. The Bertz CT molecular complexity index is 235. The Balaban J connectivity index is 2.57. The number of ether oxygens (including phenoxy) is 1. The first-order valence-corrected chi connectivity index (χ1v) is 5.52. The van der Waals surface area contributed by atoms with E-state index in [4.69, 9.17) is 4.74 Å². The molecule has 1 aliphatic rings. The highest BCUT2D eigenvalue weighted by Crippen LogP contribution is 2.14. The van der Waals surface area contributed by atoms with Gasteiger partial charge in [-0.2, -0.15) is 0 Å². The standard InChI is InChI=1S/C11H22N2O2/c1-8-7-13(9(2)6-12-8)10(14)15-11(3,4)5/h8-9,12H,6-7H2,1-5H3/t8-,9?/m0/s1. The van der Waals surface area contributed by atoms with Crippen LogP contribution in [0.3, 0.4) is 0 Å². The molecule has 4 nitrogen and oxygen atoms in total. The topological polar surface area (TPSA) is 41.6 Å². The minimum absolute atomic E-state index is 0.205. The zero-order valence-corrected chi connectivity index (χ0v) is 10.3. The summed E-state index contributed by atoms with van der Waals surface area (Å²) in [6.07, 6.45) is -0.205. The molecule has 1 saturated heterocycles. The first kappa shape index (κ1) is 12.3. The molecule has 0 spiro atoms. The summed E-state index contributed by atoms with van der Waals surface area (Å²) in [5.74, 6) is 0. The molecule has 15 heavy (non-hydrogen) atoms. The maximum atomic E-state index is 11.8. The van der Waals surface area contributed by atoms with Crippen LogP contribution in [-0.2, 0) is 4.74 Å². The van der Waals surface area contributed by atoms with Gasteiger partial charge in [-0.15, -0.1) is 0 Å². The molecule has 1 fully saturated rings. The van der Waals surface area contributed by atoms with Crippen molar-refractivity contribution < 1.29 is 9.53 Å². The fourth-order valence-electron chi connectivity index (χ4n) is 1.60. The Morgan fingerprint density at radius 3 is 2.53 bits per heavy atom. The van der Waals surface area contributed by atoms with Crippen molar-refractivity contribution in [2.75, 3.05) is 13.1 Å². The van der Waals surface area contributed by atoms with Gasteiger partial charge >= 0.3 is 6.09 Å². The summed E-state index contributed by atoms with van der Waals surface area (Å²) in [5.41, 5.74) is -0.412. The molecule has 1 amide bonds. The number of carbonyl (C=O) groups excluding carboxylic acids is 1. The van der Waals surface area contributed by atoms with E-state index in [0.29, 0.717) is 6.04 Å². The van der Waals surface area contributed by atoms with Gasteiger partial charge in [-0.3, -0.25) is 0 Å². The molecular formula is C11H22N2O2. The Hall–Kier alpha value is -0.770. The van der Waals surface area contributed by atoms with Crippen LogP contribution < -0.4 is 5.32 Å². The summed E-state index contributed by atoms with van der Waals surface area (Å²) in [5, 5.41) is 3.33. The molecule has 0 saturated carbocycles. The van der Waals surface area contributed by atoms with Crippen molar-refractivity contribution in [3.8, 4) is 0 Å². The molecule has 1 heterocycles. The lowest BCUT2D eigenvalue weighted by Crippen LogP contribution is -2.57. The predicted octanol–water partition coefficient (Wildman–Crippen LogP) is 1.60. The van der Waals surface area contributed by atoms with Crippen LogP contribution in [-0.4, -0.2) is 41.8 Å². The number of amides is 1. The molecule has 0 aromatic rings. The van der Waals surface area contributed by atoms with Crippen LogP contribution in [0, 0.1) is 0 Å². The third kappa shape index (κ3) is 3.70. The number of hydrogen-bond donors (Lipinski definition) is 1. The maximum Gasteiger partial charge on any atom is 0.410 e. The van der Waals surface area contributed by atoms with Crippen molar-refractivity contribution in [3.05, 3.63) is 0 Å². The van der Waals surface area contributed by atoms with Gasteiger partial charge < -0.3 is 15.0 Å². The smallest absolute Gasteiger partial charge is 0.410 e. The lowest BCUT2D eigenvalue weighted by Gasteiger charge is -2.38. The van der Waals surface area contributed by atoms with E-state index in [1.165, 1.54) is 0 Å². The third-order valence-corrected chi connectivity index (χ3v) is 2.39. The van der Waals surface area contributed by atoms with E-state index in [0.717, 1.165) is 13.1 Å². The molecule has 0 aromatic heterocycles. The van der Waals surface area contributed by atoms with Crippen molar-refractivity contribution in [3.63, 3.8) is 0 Å². The number of nitrogens with one attached hydrogen (secondary N) is 1. The first-order chi connectivity index (χ1) is 6.79. The third-order valence-electron chi connectivity index (χ3n) is 2.39. The molecule has 1 rings (SSSR count). The van der Waals surface area contributed by atoms with E-state index < -0.39 is 5.60 Å². The number of hydrogen-bond acceptors (Lipinski definition) is 3. The number of rotatable bonds is 0. The average molecular weight is 214 g/mol. The Morgan fingerprint density at radius 2 is 2.00 bits per heavy atom. The van der Waals surface area contributed by atoms with Gasteiger partial charge in [0.15, 0.2) is 0 Å². The number of piperazine rings is 1. The van der Waals surface area contributed by atoms with Gasteiger partial charge in [-0.05, 0) is 34.6 Å². The van der Waals surface area contributed by atoms with Gasteiger partial charge in [0.25, 0.3) is 0 Å². The van der Waals surface area contributed by atoms with E-state index in [2.05, 4.69) is 12.2 Å². The Labute approximate surface area is 92.0 Å². The van der Waals surface area contributed by atoms with Gasteiger partial charge in [0.05, 0.1) is 0 Å². The molecular weight excluding hydrogens is 192 g/mol. The monoisotopic (exact) mass is 214 g/mol. The maximum absolute atomic E-state index is 11.8. The normalized spacial score (nSPS) is 27.7. The minimum atomic E-state index is -0.412. The highest BCUT2D eigenvalue weighted by Gasteiger charge is 2.29. The van der Waals surface area contributed by atoms with E-state index in [1.54, 1.807) is 4.90 Å². The summed E-state index contributed by atoms with van der Waals surface area (Å²) in [6.45, 7) is 11.3. The molecule has 1 aliphatic heterocycles. The first-order valence-electron chi connectivity index (χ1n) is 5.52. The Kier molecular flexibility index (Phi) is 3.60. The van der Waals surface area contributed by atoms with Crippen LogP contribution in [0.2, 0.25) is 0 Å². The van der Waals surface area contributed by atoms with Crippen molar-refractivity contribution in [2.45, 2.75) is 52.3 Å². The summed E-state index contributed by atoms with van der Waals surface area (Å²) in [4.78, 5) is 13.6. The summed E-state index contributed by atoms with van der Waals surface area (Å²) >= 11 is 0. The molecule has 88 valence electrons. The van der Waals surface area contributed by atoms with Crippen molar-refractivity contribution >= 4 is 6.09 Å². The molecule has 0 bridgehead atoms. The van der Waals surface area contributed by atoms with Gasteiger partial charge in [0.2, 0.25) is 0 Å². The number of nitrogens with zero attached hydrogens (tertiary/aromatic N) is 1. The lowest BCUT2D eigenvalue weighted by molar-refractivity contribution is 0.0104. The predicted molar refractivity (Wildman–Crippen MR) is 59.9 cm³/mol. The summed E-state index contributed by atoms with van der Waals surface area (Å²) in [6, 6.07) is 0.546. The number of carbonyl (C=O) groups is 1. The second kappa shape index (κ2) is 4.39. The fraction of sp³-hybridized carbons (Fsp3) is 0.909. The SMILES string of the molecule is CC1CN[C@@H](C)CN1C(=O)OC(C)(C)C. The fourth-order valence-corrected chi connectivity index (χ4v) is 1.60. The van der Waals surface area contributed by atoms with Crippen LogP contribution in [0.4, 0.5) is 4.79 Å². The van der Waals surface area contributed by atoms with Crippen LogP contribution >= 0.6 is 0 Å². The van der Waals surface area contributed by atoms with Crippen LogP contribution in [0.5, 0.6) is 0 Å². The van der Waals surface area contributed by atoms with E-state index in [9.17, 15) is 4.79 Å². The van der Waals surface area contributed by atoms with Gasteiger partial charge in [-0.25, -0.2) is 4.79 Å². The average Bonchev–Trinajstić information content (AvgIpc) is 2.06. The van der Waals surface area contributed by atoms with Gasteiger partial charge in [0.1, 0.15) is 5.60 Å². The van der Waals surface area contributed by atoms with Crippen molar-refractivity contribution in [1.29, 1.82) is 0 Å². The quantitative estimate of drug-likeness (QED) is 0.666. The largest absolute Gasteiger partial charge is 0.444 e. The molecule has 0 radical (unpaired) electrons. The molecule has 0 aliphatic carbocycles. The van der Waals surface area contributed by atoms with Crippen molar-refractivity contribution in [1.82, 2.24) is 10.2 Å². The summed E-state index contributed by atoms with van der Waals surface area (Å²) < 4.78 is 5.36. The molecule has 0 aromatic carbocycles. The van der Waals surface area contributed by atoms with Gasteiger partial charge in [0, 0.05) is 25.2 Å². The van der Waals surface area contributed by atoms with Crippen LogP contribution in [0.25, 0.3) is 0 Å². The lowest BCUT2D eigenvalue weighted by atomic mass is 10.1. The van der Waals surface area contributed by atoms with E-state index >= 15 is 0 Å². The Morgan fingerprint density at radius 1 is 1.40 bits per heavy atom. The molecule has 1 unspecified atom stereocenters. The zero-order valence-electron chi connectivity index (χ0n) is 10.3. The second-order valence-electron chi connectivity index (χ2n) is 5.29. The zero-order chi connectivity index (χ0) is 11.6. The van der Waals surface area contributed by atoms with E-state index in [-0.39, 0.29) is 12.1 Å². The van der Waals surface area contributed by atoms with E-state index in [1.807, 2.05) is 27.7 Å². The van der Waals surface area contributed by atoms with Crippen LogP contribution in [0.1, 0.15) is 34.6 Å². The van der Waals surface area contributed by atoms with Crippen LogP contribution in [0.15, 0.2) is 0 Å². The molecule has 4 heteroatoms. The van der Waals surface area contributed by atoms with Crippen molar-refractivity contribution in [2.24, 2.45) is 0 Å². The van der Waals surface area contributed by atoms with Gasteiger partial charge in [-0.1, -0.05) is 0 Å². The highest BCUT2D eigenvalue weighted by atomic mass is 16.6. The second-order valence-corrected chi connectivity index (χ2v) is 5.29. The molecule has 1 N–H and O–H groups in total.